The molecule has 0 amide bonds. The van der Waals surface area contributed by atoms with Gasteiger partial charge in [0.15, 0.2) is 0 Å². The lowest BCUT2D eigenvalue weighted by molar-refractivity contribution is 1.15. The minimum absolute atomic E-state index is 0. The van der Waals surface area contributed by atoms with Crippen LogP contribution in [0.25, 0.3) is 0 Å². The Morgan fingerprint density at radius 3 is 1.30 bits per heavy atom. The number of rotatable bonds is 5. The molecule has 4 N–H and O–H groups in total. The predicted molar refractivity (Wildman–Crippen MR) is 63.7 cm³/mol. The van der Waals surface area contributed by atoms with Gasteiger partial charge in [0.25, 0.3) is 0 Å². The predicted octanol–water partition coefficient (Wildman–Crippen LogP) is 1.44. The molecule has 10 heavy (non-hydrogen) atoms. The van der Waals surface area contributed by atoms with Gasteiger partial charge in [-0.25, -0.2) is 0 Å². The molecule has 0 aromatic rings. The molecule has 0 aliphatic rings. The van der Waals surface area contributed by atoms with Gasteiger partial charge in [0, 0.05) is 24.6 Å². The van der Waals surface area contributed by atoms with Gasteiger partial charge in [0.2, 0.25) is 0 Å². The average molecular weight is 314 g/mol. The lowest BCUT2D eigenvalue weighted by Gasteiger charge is -1.93. The van der Waals surface area contributed by atoms with Crippen molar-refractivity contribution < 1.29 is 0 Å². The molecular weight excluding hydrogens is 300 g/mol. The van der Waals surface area contributed by atoms with Gasteiger partial charge in [-0.3, -0.25) is 0 Å². The van der Waals surface area contributed by atoms with Crippen LogP contribution in [0.4, 0.5) is 0 Å². The molecule has 0 saturated heterocycles. The number of hydrogen-bond acceptors (Lipinski definition) is 4. The summed E-state index contributed by atoms with van der Waals surface area (Å²) in [4.78, 5) is 0. The van der Waals surface area contributed by atoms with Crippen LogP contribution in [-0.4, -0.2) is 24.6 Å². The molecule has 0 aromatic carbocycles. The topological polar surface area (TPSA) is 52.0 Å². The molecule has 6 heteroatoms. The van der Waals surface area contributed by atoms with E-state index in [2.05, 4.69) is 0 Å². The summed E-state index contributed by atoms with van der Waals surface area (Å²) in [6, 6.07) is 0. The van der Waals surface area contributed by atoms with Crippen LogP contribution in [-0.2, 0) is 0 Å². The largest absolute Gasteiger partial charge is 0.330 e. The Labute approximate surface area is 91.2 Å². The average Bonchev–Trinajstić information content (AvgIpc) is 1.81. The number of hydrogen-bond donors (Lipinski definition) is 2. The van der Waals surface area contributed by atoms with Crippen molar-refractivity contribution in [1.82, 2.24) is 0 Å². The maximum absolute atomic E-state index is 5.25. The van der Waals surface area contributed by atoms with Crippen molar-refractivity contribution in [1.29, 1.82) is 0 Å². The van der Waals surface area contributed by atoms with Crippen molar-refractivity contribution in [3.8, 4) is 0 Å². The SMILES string of the molecule is Br.Br.NCCSSCCN. The maximum atomic E-state index is 5.25. The van der Waals surface area contributed by atoms with Crippen molar-refractivity contribution in [3.63, 3.8) is 0 Å². The van der Waals surface area contributed by atoms with Crippen LogP contribution in [0, 0.1) is 0 Å². The van der Waals surface area contributed by atoms with E-state index in [9.17, 15) is 0 Å². The second-order valence-electron chi connectivity index (χ2n) is 1.22. The Hall–Kier alpha value is 1.58. The van der Waals surface area contributed by atoms with E-state index < -0.39 is 0 Å². The maximum Gasteiger partial charge on any atom is 0.0160 e. The Kier molecular flexibility index (Phi) is 29.8. The lowest BCUT2D eigenvalue weighted by Crippen LogP contribution is -2.02. The molecule has 66 valence electrons. The van der Waals surface area contributed by atoms with Gasteiger partial charge in [0.1, 0.15) is 0 Å². The lowest BCUT2D eigenvalue weighted by atomic mass is 10.8. The van der Waals surface area contributed by atoms with E-state index in [-0.39, 0.29) is 34.0 Å². The molecule has 2 nitrogen and oxygen atoms in total. The minimum atomic E-state index is 0. The Bertz CT molecular complexity index is 44.2. The molecule has 0 aliphatic carbocycles. The second-order valence-corrected chi connectivity index (χ2v) is 3.92. The van der Waals surface area contributed by atoms with E-state index in [1.165, 1.54) is 0 Å². The fourth-order valence-electron chi connectivity index (χ4n) is 0.214. The zero-order chi connectivity index (χ0) is 6.24. The van der Waals surface area contributed by atoms with Gasteiger partial charge < -0.3 is 11.5 Å². The van der Waals surface area contributed by atoms with Crippen LogP contribution < -0.4 is 11.5 Å². The summed E-state index contributed by atoms with van der Waals surface area (Å²) in [6.45, 7) is 1.53. The first-order chi connectivity index (χ1) is 3.91. The second kappa shape index (κ2) is 16.9. The molecule has 0 saturated carbocycles. The van der Waals surface area contributed by atoms with E-state index in [1.807, 2.05) is 0 Å². The fourth-order valence-corrected chi connectivity index (χ4v) is 1.93. The molecule has 0 aliphatic heterocycles. The van der Waals surface area contributed by atoms with E-state index in [1.54, 1.807) is 21.6 Å². The first-order valence-corrected chi connectivity index (χ1v) is 5.05. The van der Waals surface area contributed by atoms with E-state index in [4.69, 9.17) is 11.5 Å². The zero-order valence-electron chi connectivity index (χ0n) is 5.62. The minimum Gasteiger partial charge on any atom is -0.330 e. The van der Waals surface area contributed by atoms with Crippen molar-refractivity contribution in [2.75, 3.05) is 24.6 Å². The highest BCUT2D eigenvalue weighted by atomic mass is 79.9. The normalized spacial score (nSPS) is 7.80. The number of halogens is 2. The van der Waals surface area contributed by atoms with E-state index >= 15 is 0 Å². The smallest absolute Gasteiger partial charge is 0.0160 e. The molecule has 0 unspecified atom stereocenters. The van der Waals surface area contributed by atoms with Crippen molar-refractivity contribution in [2.45, 2.75) is 0 Å². The van der Waals surface area contributed by atoms with Crippen LogP contribution in [0.2, 0.25) is 0 Å². The van der Waals surface area contributed by atoms with Gasteiger partial charge in [-0.2, -0.15) is 0 Å². The summed E-state index contributed by atoms with van der Waals surface area (Å²) in [7, 11) is 3.58. The van der Waals surface area contributed by atoms with E-state index in [0.717, 1.165) is 24.6 Å². The molecule has 0 aromatic heterocycles. The monoisotopic (exact) mass is 312 g/mol. The fraction of sp³-hybridized carbons (Fsp3) is 1.00. The molecule has 0 spiro atoms. The summed E-state index contributed by atoms with van der Waals surface area (Å²) in [5, 5.41) is 0. The third-order valence-corrected chi connectivity index (χ3v) is 2.96. The quantitative estimate of drug-likeness (QED) is 0.596. The molecule has 0 bridgehead atoms. The van der Waals surface area contributed by atoms with Crippen molar-refractivity contribution >= 4 is 55.6 Å². The standard InChI is InChI=1S/C4H12N2S2.2BrH/c5-1-3-7-8-4-2-6;;/h1-6H2;2*1H. The molecule has 0 atom stereocenters. The zero-order valence-corrected chi connectivity index (χ0v) is 10.7. The number of nitrogens with two attached hydrogens (primary N) is 2. The Balaban J connectivity index is -0.000000245. The molecular formula is C4H14Br2N2S2. The highest BCUT2D eigenvalue weighted by Crippen LogP contribution is 2.18. The summed E-state index contributed by atoms with van der Waals surface area (Å²) in [5.74, 6) is 2.06. The van der Waals surface area contributed by atoms with Crippen LogP contribution >= 0.6 is 55.6 Å². The Morgan fingerprint density at radius 1 is 0.800 bits per heavy atom. The third kappa shape index (κ3) is 16.3. The van der Waals surface area contributed by atoms with Crippen LogP contribution in [0.3, 0.4) is 0 Å². The highest BCUT2D eigenvalue weighted by Gasteiger charge is 1.84. The summed E-state index contributed by atoms with van der Waals surface area (Å²) in [6.07, 6.45) is 0. The third-order valence-electron chi connectivity index (χ3n) is 0.486. The van der Waals surface area contributed by atoms with Gasteiger partial charge in [-0.05, 0) is 0 Å². The first kappa shape index (κ1) is 17.6. The highest BCUT2D eigenvalue weighted by molar-refractivity contribution is 8.93. The van der Waals surface area contributed by atoms with Gasteiger partial charge in [0.05, 0.1) is 0 Å². The molecule has 0 radical (unpaired) electrons. The summed E-state index contributed by atoms with van der Waals surface area (Å²) >= 11 is 0. The first-order valence-electron chi connectivity index (χ1n) is 2.56. The van der Waals surface area contributed by atoms with Crippen LogP contribution in [0.5, 0.6) is 0 Å². The van der Waals surface area contributed by atoms with Crippen LogP contribution in [0.15, 0.2) is 0 Å². The van der Waals surface area contributed by atoms with Gasteiger partial charge in [-0.15, -0.1) is 34.0 Å². The van der Waals surface area contributed by atoms with Gasteiger partial charge >= 0.3 is 0 Å². The molecule has 0 heterocycles. The van der Waals surface area contributed by atoms with E-state index in [0.29, 0.717) is 0 Å². The Morgan fingerprint density at radius 2 is 1.10 bits per heavy atom. The van der Waals surface area contributed by atoms with Gasteiger partial charge in [-0.1, -0.05) is 21.6 Å². The van der Waals surface area contributed by atoms with Crippen molar-refractivity contribution in [2.24, 2.45) is 11.5 Å². The molecule has 0 fully saturated rings. The van der Waals surface area contributed by atoms with Crippen molar-refractivity contribution in [3.05, 3.63) is 0 Å². The summed E-state index contributed by atoms with van der Waals surface area (Å²) < 4.78 is 0. The summed E-state index contributed by atoms with van der Waals surface area (Å²) in [5.41, 5.74) is 10.5. The van der Waals surface area contributed by atoms with Crippen LogP contribution in [0.1, 0.15) is 0 Å². The molecule has 0 rings (SSSR count).